The Hall–Kier alpha value is -5.29. The smallest absolute Gasteiger partial charge is 0.343 e. The average molecular weight is 687 g/mol. The van der Waals surface area contributed by atoms with E-state index in [0.717, 1.165) is 15.4 Å². The summed E-state index contributed by atoms with van der Waals surface area (Å²) in [7, 11) is 3.04. The molecule has 5 rings (SSSR count). The molecule has 2 N–H and O–H groups in total. The van der Waals surface area contributed by atoms with Crippen LogP contribution in [-0.4, -0.2) is 50.5 Å². The molecule has 1 aromatic heterocycles. The number of hydrazone groups is 1. The lowest BCUT2D eigenvalue weighted by molar-refractivity contribution is 0.0728. The number of methoxy groups -OCH3 is 2. The molecule has 0 unspecified atom stereocenters. The number of carbonyl (C=O) groups is 2. The van der Waals surface area contributed by atoms with Crippen molar-refractivity contribution in [2.75, 3.05) is 27.4 Å². The fourth-order valence-electron chi connectivity index (χ4n) is 4.88. The molecule has 0 saturated carbocycles. The van der Waals surface area contributed by atoms with Gasteiger partial charge in [-0.15, -0.1) is 0 Å². The lowest BCUT2D eigenvalue weighted by Crippen LogP contribution is -2.19. The molecular formula is C35H32BrN3O7. The molecule has 236 valence electrons. The Balaban J connectivity index is 1.35. The second-order valence-corrected chi connectivity index (χ2v) is 10.6. The van der Waals surface area contributed by atoms with Crippen molar-refractivity contribution in [2.45, 2.75) is 13.8 Å². The van der Waals surface area contributed by atoms with Crippen LogP contribution < -0.4 is 29.1 Å². The van der Waals surface area contributed by atoms with Gasteiger partial charge in [-0.3, -0.25) is 4.79 Å². The van der Waals surface area contributed by atoms with Gasteiger partial charge in [0.1, 0.15) is 11.4 Å². The van der Waals surface area contributed by atoms with Crippen LogP contribution in [0.1, 0.15) is 40.3 Å². The minimum atomic E-state index is -0.591. The second-order valence-electron chi connectivity index (χ2n) is 9.77. The molecule has 0 saturated heterocycles. The van der Waals surface area contributed by atoms with E-state index in [4.69, 9.17) is 23.7 Å². The van der Waals surface area contributed by atoms with Gasteiger partial charge in [0.05, 0.1) is 44.7 Å². The summed E-state index contributed by atoms with van der Waals surface area (Å²) in [6.07, 6.45) is 1.47. The Labute approximate surface area is 274 Å². The van der Waals surface area contributed by atoms with Crippen molar-refractivity contribution in [2.24, 2.45) is 5.10 Å². The monoisotopic (exact) mass is 685 g/mol. The number of halogens is 1. The molecule has 1 heterocycles. The highest BCUT2D eigenvalue weighted by atomic mass is 79.9. The van der Waals surface area contributed by atoms with Gasteiger partial charge in [0.25, 0.3) is 5.91 Å². The van der Waals surface area contributed by atoms with Gasteiger partial charge < -0.3 is 28.7 Å². The van der Waals surface area contributed by atoms with Crippen molar-refractivity contribution < 1.29 is 33.3 Å². The number of amides is 1. The van der Waals surface area contributed by atoms with Gasteiger partial charge in [-0.2, -0.15) is 5.10 Å². The van der Waals surface area contributed by atoms with Gasteiger partial charge in [-0.1, -0.05) is 46.3 Å². The lowest BCUT2D eigenvalue weighted by Gasteiger charge is -2.13. The molecule has 11 heteroatoms. The Morgan fingerprint density at radius 3 is 2.24 bits per heavy atom. The van der Waals surface area contributed by atoms with Gasteiger partial charge in [-0.05, 0) is 73.5 Å². The summed E-state index contributed by atoms with van der Waals surface area (Å²) < 4.78 is 28.7. The van der Waals surface area contributed by atoms with Crippen LogP contribution in [0.15, 0.2) is 88.4 Å². The number of nitrogens with zero attached hydrogens (tertiary/aromatic N) is 1. The number of fused-ring (bicyclic) bond motifs is 1. The maximum absolute atomic E-state index is 13.5. The first-order valence-electron chi connectivity index (χ1n) is 14.4. The SMILES string of the molecule is CCOc1ccc(C(=O)Oc2ccc(C=NNC(=O)c3[nH]c4c(OC)ccc(Br)c4c3-c3ccccc3)cc2OC)cc1OCC. The normalized spacial score (nSPS) is 11.0. The number of H-pyrrole nitrogens is 1. The summed E-state index contributed by atoms with van der Waals surface area (Å²) in [4.78, 5) is 29.6. The van der Waals surface area contributed by atoms with E-state index in [1.54, 1.807) is 43.5 Å². The molecule has 10 nitrogen and oxygen atoms in total. The number of hydrogen-bond acceptors (Lipinski definition) is 8. The van der Waals surface area contributed by atoms with Gasteiger partial charge in [-0.25, -0.2) is 10.2 Å². The topological polar surface area (TPSA) is 120 Å². The van der Waals surface area contributed by atoms with E-state index in [-0.39, 0.29) is 5.75 Å². The largest absolute Gasteiger partial charge is 0.495 e. The first-order valence-corrected chi connectivity index (χ1v) is 15.2. The van der Waals surface area contributed by atoms with Crippen molar-refractivity contribution >= 4 is 44.9 Å². The number of benzene rings is 4. The molecule has 0 aliphatic rings. The predicted molar refractivity (Wildman–Crippen MR) is 180 cm³/mol. The highest BCUT2D eigenvalue weighted by molar-refractivity contribution is 9.10. The fraction of sp³-hybridized carbons (Fsp3) is 0.171. The molecular weight excluding hydrogens is 654 g/mol. The first kappa shape index (κ1) is 32.1. The highest BCUT2D eigenvalue weighted by Crippen LogP contribution is 2.41. The van der Waals surface area contributed by atoms with E-state index in [1.807, 2.05) is 56.3 Å². The van der Waals surface area contributed by atoms with Crippen molar-refractivity contribution in [3.05, 3.63) is 100 Å². The number of ether oxygens (including phenoxy) is 5. The fourth-order valence-corrected chi connectivity index (χ4v) is 5.41. The van der Waals surface area contributed by atoms with Crippen LogP contribution >= 0.6 is 15.9 Å². The molecule has 0 atom stereocenters. The van der Waals surface area contributed by atoms with Crippen molar-refractivity contribution in [1.29, 1.82) is 0 Å². The molecule has 0 bridgehead atoms. The van der Waals surface area contributed by atoms with E-state index in [2.05, 4.69) is 31.4 Å². The summed E-state index contributed by atoms with van der Waals surface area (Å²) in [6, 6.07) is 23.1. The summed E-state index contributed by atoms with van der Waals surface area (Å²) >= 11 is 3.63. The zero-order valence-corrected chi connectivity index (χ0v) is 27.3. The van der Waals surface area contributed by atoms with Crippen LogP contribution in [0.3, 0.4) is 0 Å². The zero-order chi connectivity index (χ0) is 32.6. The van der Waals surface area contributed by atoms with Gasteiger partial charge in [0.2, 0.25) is 0 Å². The minimum Gasteiger partial charge on any atom is -0.495 e. The molecule has 0 radical (unpaired) electrons. The molecule has 1 amide bonds. The van der Waals surface area contributed by atoms with Gasteiger partial charge >= 0.3 is 5.97 Å². The summed E-state index contributed by atoms with van der Waals surface area (Å²) in [5.74, 6) is 1.08. The molecule has 0 spiro atoms. The number of aromatic amines is 1. The summed E-state index contributed by atoms with van der Waals surface area (Å²) in [5, 5.41) is 4.99. The summed E-state index contributed by atoms with van der Waals surface area (Å²) in [5.41, 5.74) is 6.06. The highest BCUT2D eigenvalue weighted by Gasteiger charge is 2.23. The first-order chi connectivity index (χ1) is 22.4. The number of carbonyl (C=O) groups excluding carboxylic acids is 2. The quantitative estimate of drug-likeness (QED) is 0.0608. The molecule has 5 aromatic rings. The lowest BCUT2D eigenvalue weighted by atomic mass is 10.0. The molecule has 0 aliphatic heterocycles. The number of nitrogens with one attached hydrogen (secondary N) is 2. The van der Waals surface area contributed by atoms with E-state index in [1.165, 1.54) is 13.3 Å². The maximum atomic E-state index is 13.5. The molecule has 0 fully saturated rings. The number of hydrogen-bond donors (Lipinski definition) is 2. The number of esters is 1. The van der Waals surface area contributed by atoms with Crippen molar-refractivity contribution in [1.82, 2.24) is 10.4 Å². The zero-order valence-electron chi connectivity index (χ0n) is 25.7. The van der Waals surface area contributed by atoms with Gasteiger partial charge in [0, 0.05) is 15.4 Å². The van der Waals surface area contributed by atoms with Crippen LogP contribution in [0.2, 0.25) is 0 Å². The van der Waals surface area contributed by atoms with E-state index < -0.39 is 11.9 Å². The van der Waals surface area contributed by atoms with Crippen LogP contribution in [0.5, 0.6) is 28.7 Å². The molecule has 4 aromatic carbocycles. The molecule has 46 heavy (non-hydrogen) atoms. The van der Waals surface area contributed by atoms with Crippen molar-refractivity contribution in [3.63, 3.8) is 0 Å². The average Bonchev–Trinajstić information content (AvgIpc) is 3.49. The van der Waals surface area contributed by atoms with Crippen molar-refractivity contribution in [3.8, 4) is 39.9 Å². The standard InChI is InChI=1S/C35H32BrN3O7/c1-5-44-25-16-13-23(19-29(25)45-6-2)35(41)46-26-15-12-21(18-28(26)43-4)20-37-39-34(40)33-30(22-10-8-7-9-11-22)31-24(36)14-17-27(42-3)32(31)38-33/h7-20,38H,5-6H2,1-4H3,(H,39,40). The van der Waals surface area contributed by atoms with Crippen LogP contribution in [-0.2, 0) is 0 Å². The van der Waals surface area contributed by atoms with Crippen LogP contribution in [0, 0.1) is 0 Å². The minimum absolute atomic E-state index is 0.214. The Bertz CT molecular complexity index is 1900. The van der Waals surface area contributed by atoms with E-state index in [0.29, 0.717) is 64.1 Å². The Morgan fingerprint density at radius 2 is 1.52 bits per heavy atom. The summed E-state index contributed by atoms with van der Waals surface area (Å²) in [6.45, 7) is 4.60. The van der Waals surface area contributed by atoms with Crippen LogP contribution in [0.25, 0.3) is 22.0 Å². The third kappa shape index (κ3) is 6.84. The van der Waals surface area contributed by atoms with Crippen LogP contribution in [0.4, 0.5) is 0 Å². The van der Waals surface area contributed by atoms with E-state index in [9.17, 15) is 9.59 Å². The molecule has 0 aliphatic carbocycles. The Morgan fingerprint density at radius 1 is 0.826 bits per heavy atom. The third-order valence-electron chi connectivity index (χ3n) is 6.92. The predicted octanol–water partition coefficient (Wildman–Crippen LogP) is 7.40. The number of aromatic nitrogens is 1. The Kier molecular flexibility index (Phi) is 10.2. The third-order valence-corrected chi connectivity index (χ3v) is 7.59. The second kappa shape index (κ2) is 14.7. The number of rotatable bonds is 12. The van der Waals surface area contributed by atoms with Gasteiger partial charge in [0.15, 0.2) is 23.0 Å². The van der Waals surface area contributed by atoms with E-state index >= 15 is 0 Å². The maximum Gasteiger partial charge on any atom is 0.343 e.